The summed E-state index contributed by atoms with van der Waals surface area (Å²) in [4.78, 5) is 24.7. The van der Waals surface area contributed by atoms with Crippen LogP contribution < -0.4 is 4.74 Å². The summed E-state index contributed by atoms with van der Waals surface area (Å²) in [5.74, 6) is -1.96. The number of rotatable bonds is 4. The highest BCUT2D eigenvalue weighted by Crippen LogP contribution is 2.50. The summed E-state index contributed by atoms with van der Waals surface area (Å²) in [6.07, 6.45) is -0.861. The third kappa shape index (κ3) is 2.44. The zero-order valence-electron chi connectivity index (χ0n) is 12.0. The Balaban J connectivity index is 1.87. The monoisotopic (exact) mass is 332 g/mol. The number of aliphatic hydroxyl groups is 1. The summed E-state index contributed by atoms with van der Waals surface area (Å²) in [6.45, 7) is 1.50. The molecule has 3 atom stereocenters. The minimum Gasteiger partial charge on any atom is -0.476 e. The van der Waals surface area contributed by atoms with E-state index >= 15 is 0 Å². The summed E-state index contributed by atoms with van der Waals surface area (Å²) in [6, 6.07) is 8.18. The van der Waals surface area contributed by atoms with Gasteiger partial charge < -0.3 is 14.9 Å². The first-order valence-electron chi connectivity index (χ1n) is 6.77. The Morgan fingerprint density at radius 2 is 2.09 bits per heavy atom. The van der Waals surface area contributed by atoms with Crippen LogP contribution in [0.5, 0.6) is 5.75 Å². The SMILES string of the molecule is CC(O)[C@H]1C(=O)N2C(C(=O)O)=C(Oc3ccc(C#N)cc3)S[C@H]12. The number of hydrogen-bond acceptors (Lipinski definition) is 6. The van der Waals surface area contributed by atoms with Gasteiger partial charge in [0.15, 0.2) is 10.8 Å². The molecule has 0 radical (unpaired) electrons. The summed E-state index contributed by atoms with van der Waals surface area (Å²) in [5.41, 5.74) is 0.239. The van der Waals surface area contributed by atoms with Gasteiger partial charge in [-0.3, -0.25) is 9.69 Å². The van der Waals surface area contributed by atoms with E-state index in [-0.39, 0.29) is 10.8 Å². The highest BCUT2D eigenvalue weighted by Gasteiger charge is 2.58. The molecule has 8 heteroatoms. The molecule has 0 aromatic heterocycles. The Kier molecular flexibility index (Phi) is 3.75. The zero-order valence-corrected chi connectivity index (χ0v) is 12.8. The number of aliphatic carboxylic acids is 1. The first kappa shape index (κ1) is 15.4. The van der Waals surface area contributed by atoms with Gasteiger partial charge in [-0.25, -0.2) is 4.79 Å². The first-order valence-corrected chi connectivity index (χ1v) is 7.65. The van der Waals surface area contributed by atoms with Crippen LogP contribution >= 0.6 is 11.8 Å². The largest absolute Gasteiger partial charge is 0.476 e. The van der Waals surface area contributed by atoms with Crippen molar-refractivity contribution in [1.29, 1.82) is 5.26 Å². The van der Waals surface area contributed by atoms with Crippen LogP contribution in [0.1, 0.15) is 12.5 Å². The van der Waals surface area contributed by atoms with Crippen LogP contribution in [0.4, 0.5) is 0 Å². The maximum Gasteiger partial charge on any atom is 0.357 e. The molecule has 2 heterocycles. The van der Waals surface area contributed by atoms with E-state index < -0.39 is 29.3 Å². The summed E-state index contributed by atoms with van der Waals surface area (Å²) in [5, 5.41) is 27.4. The number of β-lactam (4-membered cyclic amide) rings is 1. The molecule has 7 nitrogen and oxygen atoms in total. The van der Waals surface area contributed by atoms with Crippen LogP contribution in [-0.2, 0) is 9.59 Å². The molecule has 0 bridgehead atoms. The number of amides is 1. The minimum absolute atomic E-state index is 0.101. The van der Waals surface area contributed by atoms with Crippen molar-refractivity contribution in [3.8, 4) is 11.8 Å². The number of fused-ring (bicyclic) bond motifs is 1. The van der Waals surface area contributed by atoms with Crippen LogP contribution in [0.25, 0.3) is 0 Å². The highest BCUT2D eigenvalue weighted by atomic mass is 32.2. The van der Waals surface area contributed by atoms with Crippen molar-refractivity contribution in [2.24, 2.45) is 5.92 Å². The van der Waals surface area contributed by atoms with Gasteiger partial charge in [-0.1, -0.05) is 11.8 Å². The second-order valence-electron chi connectivity index (χ2n) is 5.16. The van der Waals surface area contributed by atoms with Crippen LogP contribution in [0.15, 0.2) is 35.1 Å². The Morgan fingerprint density at radius 3 is 2.61 bits per heavy atom. The molecule has 0 saturated carbocycles. The third-order valence-electron chi connectivity index (χ3n) is 3.66. The molecule has 1 saturated heterocycles. The topological polar surface area (TPSA) is 111 Å². The molecule has 1 fully saturated rings. The maximum absolute atomic E-state index is 12.0. The number of carboxylic acids is 1. The lowest BCUT2D eigenvalue weighted by Gasteiger charge is -2.43. The first-order chi connectivity index (χ1) is 10.9. The van der Waals surface area contributed by atoms with E-state index in [1.807, 2.05) is 6.07 Å². The number of carbonyl (C=O) groups is 2. The second-order valence-corrected chi connectivity index (χ2v) is 6.25. The zero-order chi connectivity index (χ0) is 16.7. The van der Waals surface area contributed by atoms with Gasteiger partial charge in [-0.05, 0) is 31.2 Å². The number of nitriles is 1. The average Bonchev–Trinajstić information content (AvgIpc) is 2.82. The lowest BCUT2D eigenvalue weighted by atomic mass is 9.92. The predicted octanol–water partition coefficient (Wildman–Crippen LogP) is 1.10. The van der Waals surface area contributed by atoms with Crippen molar-refractivity contribution in [2.45, 2.75) is 18.4 Å². The molecule has 1 aromatic rings. The van der Waals surface area contributed by atoms with Crippen molar-refractivity contribution < 1.29 is 24.5 Å². The average molecular weight is 332 g/mol. The molecule has 118 valence electrons. The van der Waals surface area contributed by atoms with E-state index in [9.17, 15) is 19.8 Å². The van der Waals surface area contributed by atoms with Crippen LogP contribution in [-0.4, -0.2) is 38.5 Å². The van der Waals surface area contributed by atoms with E-state index in [1.165, 1.54) is 6.92 Å². The van der Waals surface area contributed by atoms with Gasteiger partial charge in [0.1, 0.15) is 11.1 Å². The van der Waals surface area contributed by atoms with Gasteiger partial charge >= 0.3 is 5.97 Å². The third-order valence-corrected chi connectivity index (χ3v) is 4.90. The molecule has 1 amide bonds. The Hall–Kier alpha value is -2.50. The smallest absolute Gasteiger partial charge is 0.357 e. The van der Waals surface area contributed by atoms with Crippen LogP contribution in [0.2, 0.25) is 0 Å². The van der Waals surface area contributed by atoms with Gasteiger partial charge in [-0.15, -0.1) is 0 Å². The molecule has 1 aromatic carbocycles. The van der Waals surface area contributed by atoms with E-state index in [4.69, 9.17) is 10.00 Å². The van der Waals surface area contributed by atoms with Gasteiger partial charge in [-0.2, -0.15) is 5.26 Å². The molecule has 0 spiro atoms. The second kappa shape index (κ2) is 5.61. The number of carboxylic acid groups (broad SMARTS) is 1. The summed E-state index contributed by atoms with van der Waals surface area (Å²) >= 11 is 1.10. The maximum atomic E-state index is 12.0. The fourth-order valence-corrected chi connectivity index (χ4v) is 3.99. The summed E-state index contributed by atoms with van der Waals surface area (Å²) < 4.78 is 5.58. The van der Waals surface area contributed by atoms with Crippen molar-refractivity contribution in [1.82, 2.24) is 4.90 Å². The Labute approximate surface area is 135 Å². The van der Waals surface area contributed by atoms with Gasteiger partial charge in [0.05, 0.1) is 23.7 Å². The molecular formula is C15H12N2O5S. The number of aliphatic hydroxyl groups excluding tert-OH is 1. The molecule has 23 heavy (non-hydrogen) atoms. The van der Waals surface area contributed by atoms with Gasteiger partial charge in [0.25, 0.3) is 0 Å². The van der Waals surface area contributed by atoms with Crippen molar-refractivity contribution in [3.05, 3.63) is 40.6 Å². The fourth-order valence-electron chi connectivity index (χ4n) is 2.53. The number of ether oxygens (including phenoxy) is 1. The number of benzene rings is 1. The van der Waals surface area contributed by atoms with Gasteiger partial charge in [0, 0.05) is 0 Å². The predicted molar refractivity (Wildman–Crippen MR) is 79.8 cm³/mol. The normalized spacial score (nSPS) is 23.9. The molecule has 2 aliphatic heterocycles. The lowest BCUT2D eigenvalue weighted by molar-refractivity contribution is -0.156. The summed E-state index contributed by atoms with van der Waals surface area (Å²) in [7, 11) is 0. The standard InChI is InChI=1S/C15H12N2O5S/c1-7(18)10-12(19)17-11(14(20)21)15(23-13(10)17)22-9-4-2-8(6-16)3-5-9/h2-5,7,10,13,18H,1H3,(H,20,21)/t7?,10-,13+/m0/s1. The quantitative estimate of drug-likeness (QED) is 0.794. The number of thioether (sulfide) groups is 1. The Bertz CT molecular complexity index is 750. The van der Waals surface area contributed by atoms with Crippen molar-refractivity contribution in [2.75, 3.05) is 0 Å². The van der Waals surface area contributed by atoms with E-state index in [0.29, 0.717) is 11.3 Å². The van der Waals surface area contributed by atoms with Gasteiger partial charge in [0.2, 0.25) is 5.91 Å². The molecule has 2 aliphatic rings. The lowest BCUT2D eigenvalue weighted by Crippen LogP contribution is -2.60. The van der Waals surface area contributed by atoms with Crippen LogP contribution in [0.3, 0.4) is 0 Å². The number of hydrogen-bond donors (Lipinski definition) is 2. The number of carbonyl (C=O) groups excluding carboxylic acids is 1. The minimum atomic E-state index is -1.26. The van der Waals surface area contributed by atoms with Crippen molar-refractivity contribution in [3.63, 3.8) is 0 Å². The molecule has 0 aliphatic carbocycles. The molecule has 3 rings (SSSR count). The van der Waals surface area contributed by atoms with E-state index in [2.05, 4.69) is 0 Å². The highest BCUT2D eigenvalue weighted by molar-refractivity contribution is 8.03. The van der Waals surface area contributed by atoms with E-state index in [1.54, 1.807) is 24.3 Å². The van der Waals surface area contributed by atoms with E-state index in [0.717, 1.165) is 16.7 Å². The molecular weight excluding hydrogens is 320 g/mol. The molecule has 1 unspecified atom stereocenters. The van der Waals surface area contributed by atoms with Crippen LogP contribution in [0, 0.1) is 17.2 Å². The Morgan fingerprint density at radius 1 is 1.43 bits per heavy atom. The fraction of sp³-hybridized carbons (Fsp3) is 0.267. The number of nitrogens with zero attached hydrogens (tertiary/aromatic N) is 2. The molecule has 2 N–H and O–H groups in total. The van der Waals surface area contributed by atoms with Crippen molar-refractivity contribution >= 4 is 23.6 Å².